The van der Waals surface area contributed by atoms with E-state index in [0.29, 0.717) is 11.9 Å². The van der Waals surface area contributed by atoms with Crippen LogP contribution in [0.25, 0.3) is 0 Å². The highest BCUT2D eigenvalue weighted by Gasteiger charge is 2.14. The number of nitrogens with zero attached hydrogens (tertiary/aromatic N) is 2. The van der Waals surface area contributed by atoms with E-state index < -0.39 is 0 Å². The second kappa shape index (κ2) is 5.62. The van der Waals surface area contributed by atoms with Gasteiger partial charge in [0.15, 0.2) is 0 Å². The average molecular weight is 223 g/mol. The maximum Gasteiger partial charge on any atom is 0.239 e. The van der Waals surface area contributed by atoms with Crippen LogP contribution in [0.4, 0.5) is 11.8 Å². The number of nitrogen functional groups attached to an aromatic ring is 1. The largest absolute Gasteiger partial charge is 0.381 e. The zero-order valence-electron chi connectivity index (χ0n) is 9.15. The molecule has 0 amide bonds. The molecule has 1 unspecified atom stereocenters. The maximum atomic E-state index is 5.32. The van der Waals surface area contributed by atoms with E-state index in [-0.39, 0.29) is 0 Å². The molecule has 1 aromatic heterocycles. The van der Waals surface area contributed by atoms with E-state index in [9.17, 15) is 0 Å². The van der Waals surface area contributed by atoms with Crippen LogP contribution >= 0.6 is 0 Å². The first-order chi connectivity index (χ1) is 7.88. The van der Waals surface area contributed by atoms with Gasteiger partial charge < -0.3 is 10.1 Å². The molecule has 1 fully saturated rings. The van der Waals surface area contributed by atoms with Crippen LogP contribution in [0.3, 0.4) is 0 Å². The summed E-state index contributed by atoms with van der Waals surface area (Å²) < 4.78 is 5.32. The minimum Gasteiger partial charge on any atom is -0.381 e. The number of ether oxygens (including phenoxy) is 1. The van der Waals surface area contributed by atoms with E-state index in [1.807, 2.05) is 6.07 Å². The van der Waals surface area contributed by atoms with Gasteiger partial charge >= 0.3 is 0 Å². The van der Waals surface area contributed by atoms with Crippen LogP contribution in [0.1, 0.15) is 12.8 Å². The van der Waals surface area contributed by atoms with Crippen molar-refractivity contribution in [1.29, 1.82) is 0 Å². The number of hydrogen-bond acceptors (Lipinski definition) is 6. The molecular weight excluding hydrogens is 206 g/mol. The summed E-state index contributed by atoms with van der Waals surface area (Å²) in [5, 5.41) is 3.24. The van der Waals surface area contributed by atoms with Crippen molar-refractivity contribution in [3.8, 4) is 0 Å². The molecule has 0 aromatic carbocycles. The summed E-state index contributed by atoms with van der Waals surface area (Å²) in [6.45, 7) is 2.69. The fourth-order valence-electron chi connectivity index (χ4n) is 1.74. The molecule has 0 saturated carbocycles. The van der Waals surface area contributed by atoms with Crippen LogP contribution in [0.2, 0.25) is 0 Å². The van der Waals surface area contributed by atoms with Crippen molar-refractivity contribution in [3.05, 3.63) is 12.3 Å². The van der Waals surface area contributed by atoms with Crippen LogP contribution in [0, 0.1) is 5.92 Å². The lowest BCUT2D eigenvalue weighted by molar-refractivity contribution is 0.185. The van der Waals surface area contributed by atoms with Gasteiger partial charge in [0.25, 0.3) is 0 Å². The molecule has 16 heavy (non-hydrogen) atoms. The van der Waals surface area contributed by atoms with E-state index in [0.717, 1.165) is 32.0 Å². The molecule has 1 saturated heterocycles. The van der Waals surface area contributed by atoms with Crippen LogP contribution in [-0.4, -0.2) is 29.7 Å². The predicted octanol–water partition coefficient (Wildman–Crippen LogP) is 0.601. The Bertz CT molecular complexity index is 327. The third kappa shape index (κ3) is 3.04. The molecule has 4 N–H and O–H groups in total. The van der Waals surface area contributed by atoms with Gasteiger partial charge in [0.05, 0.1) is 0 Å². The number of rotatable bonds is 5. The molecule has 6 heteroatoms. The lowest BCUT2D eigenvalue weighted by atomic mass is 10.1. The van der Waals surface area contributed by atoms with Gasteiger partial charge in [-0.25, -0.2) is 10.8 Å². The van der Waals surface area contributed by atoms with E-state index >= 15 is 0 Å². The highest BCUT2D eigenvalue weighted by atomic mass is 16.5. The number of nitrogens with one attached hydrogen (secondary N) is 2. The van der Waals surface area contributed by atoms with Gasteiger partial charge in [-0.1, -0.05) is 0 Å². The second-order valence-corrected chi connectivity index (χ2v) is 3.85. The van der Waals surface area contributed by atoms with Gasteiger partial charge in [-0.3, -0.25) is 5.43 Å². The van der Waals surface area contributed by atoms with E-state index in [2.05, 4.69) is 20.7 Å². The first-order valence-electron chi connectivity index (χ1n) is 5.50. The highest BCUT2D eigenvalue weighted by Crippen LogP contribution is 2.16. The summed E-state index contributed by atoms with van der Waals surface area (Å²) in [5.41, 5.74) is 2.42. The normalized spacial score (nSPS) is 19.7. The summed E-state index contributed by atoms with van der Waals surface area (Å²) in [4.78, 5) is 8.10. The molecule has 0 aliphatic carbocycles. The van der Waals surface area contributed by atoms with Gasteiger partial charge in [-0.2, -0.15) is 4.98 Å². The quantitative estimate of drug-likeness (QED) is 0.500. The van der Waals surface area contributed by atoms with Crippen molar-refractivity contribution in [2.24, 2.45) is 11.8 Å². The number of anilines is 2. The average Bonchev–Trinajstić information content (AvgIpc) is 2.82. The summed E-state index contributed by atoms with van der Waals surface area (Å²) in [6.07, 6.45) is 3.94. The van der Waals surface area contributed by atoms with Crippen molar-refractivity contribution in [2.45, 2.75) is 12.8 Å². The standard InChI is InChI=1S/C10H17N5O/c11-15-10-13-5-2-9(14-10)12-4-1-8-3-6-16-7-8/h2,5,8H,1,3-4,6-7,11H2,(H2,12,13,14,15). The van der Waals surface area contributed by atoms with Crippen molar-refractivity contribution >= 4 is 11.8 Å². The molecule has 0 radical (unpaired) electrons. The second-order valence-electron chi connectivity index (χ2n) is 3.85. The molecule has 0 spiro atoms. The van der Waals surface area contributed by atoms with Gasteiger partial charge in [-0.15, -0.1) is 0 Å². The van der Waals surface area contributed by atoms with Crippen LogP contribution in [0.15, 0.2) is 12.3 Å². The molecule has 2 rings (SSSR count). The van der Waals surface area contributed by atoms with E-state index in [1.54, 1.807) is 6.20 Å². The Morgan fingerprint density at radius 1 is 1.56 bits per heavy atom. The van der Waals surface area contributed by atoms with Gasteiger partial charge in [0.1, 0.15) is 5.82 Å². The summed E-state index contributed by atoms with van der Waals surface area (Å²) in [5.74, 6) is 7.13. The first kappa shape index (κ1) is 11.1. The van der Waals surface area contributed by atoms with Crippen LogP contribution in [-0.2, 0) is 4.74 Å². The first-order valence-corrected chi connectivity index (χ1v) is 5.50. The van der Waals surface area contributed by atoms with E-state index in [1.165, 1.54) is 6.42 Å². The topological polar surface area (TPSA) is 85.1 Å². The summed E-state index contributed by atoms with van der Waals surface area (Å²) in [6, 6.07) is 1.83. The number of nitrogens with two attached hydrogens (primary N) is 1. The molecule has 1 aromatic rings. The summed E-state index contributed by atoms with van der Waals surface area (Å²) >= 11 is 0. The van der Waals surface area contributed by atoms with E-state index in [4.69, 9.17) is 10.6 Å². The smallest absolute Gasteiger partial charge is 0.239 e. The molecule has 0 bridgehead atoms. The third-order valence-corrected chi connectivity index (χ3v) is 2.67. The molecule has 6 nitrogen and oxygen atoms in total. The number of hydrogen-bond donors (Lipinski definition) is 3. The Morgan fingerprint density at radius 2 is 2.50 bits per heavy atom. The molecule has 1 atom stereocenters. The lowest BCUT2D eigenvalue weighted by Crippen LogP contribution is -2.13. The Labute approximate surface area is 94.6 Å². The van der Waals surface area contributed by atoms with Crippen molar-refractivity contribution in [1.82, 2.24) is 9.97 Å². The van der Waals surface area contributed by atoms with Gasteiger partial charge in [0.2, 0.25) is 5.95 Å². The molecule has 2 heterocycles. The van der Waals surface area contributed by atoms with Crippen molar-refractivity contribution in [3.63, 3.8) is 0 Å². The number of aromatic nitrogens is 2. The minimum absolute atomic E-state index is 0.425. The van der Waals surface area contributed by atoms with Gasteiger partial charge in [-0.05, 0) is 24.8 Å². The molecule has 1 aliphatic heterocycles. The monoisotopic (exact) mass is 223 g/mol. The fourth-order valence-corrected chi connectivity index (χ4v) is 1.74. The maximum absolute atomic E-state index is 5.32. The van der Waals surface area contributed by atoms with Crippen LogP contribution < -0.4 is 16.6 Å². The Balaban J connectivity index is 1.75. The lowest BCUT2D eigenvalue weighted by Gasteiger charge is -2.09. The predicted molar refractivity (Wildman–Crippen MR) is 61.9 cm³/mol. The SMILES string of the molecule is NNc1nccc(NCCC2CCOC2)n1. The summed E-state index contributed by atoms with van der Waals surface area (Å²) in [7, 11) is 0. The molecular formula is C10H17N5O. The van der Waals surface area contributed by atoms with Crippen molar-refractivity contribution < 1.29 is 4.74 Å². The molecule has 1 aliphatic rings. The Hall–Kier alpha value is -1.40. The minimum atomic E-state index is 0.425. The highest BCUT2D eigenvalue weighted by molar-refractivity contribution is 5.38. The van der Waals surface area contributed by atoms with Crippen LogP contribution in [0.5, 0.6) is 0 Å². The van der Waals surface area contributed by atoms with Crippen molar-refractivity contribution in [2.75, 3.05) is 30.5 Å². The Kier molecular flexibility index (Phi) is 3.90. The fraction of sp³-hybridized carbons (Fsp3) is 0.600. The number of hydrazine groups is 1. The molecule has 88 valence electrons. The zero-order valence-corrected chi connectivity index (χ0v) is 9.15. The third-order valence-electron chi connectivity index (χ3n) is 2.67. The zero-order chi connectivity index (χ0) is 11.2. The Morgan fingerprint density at radius 3 is 3.25 bits per heavy atom. The van der Waals surface area contributed by atoms with Gasteiger partial charge in [0, 0.05) is 26.0 Å².